The lowest BCUT2D eigenvalue weighted by Gasteiger charge is -2.18. The maximum absolute atomic E-state index is 13.5. The number of hydrogen-bond acceptors (Lipinski definition) is 2. The normalized spacial score (nSPS) is 12.8. The zero-order valence-electron chi connectivity index (χ0n) is 10.2. The summed E-state index contributed by atoms with van der Waals surface area (Å²) in [6.07, 6.45) is 3.14. The van der Waals surface area contributed by atoms with Crippen LogP contribution in [0.2, 0.25) is 0 Å². The smallest absolute Gasteiger partial charge is 0.126 e. The number of thioether (sulfide) groups is 1. The number of nitrogens with one attached hydrogen (secondary N) is 1. The lowest BCUT2D eigenvalue weighted by Crippen LogP contribution is -2.21. The molecule has 0 fully saturated rings. The SMILES string of the molecule is CCNC(CCSC)c1ccc(C)c(F)c1. The quantitative estimate of drug-likeness (QED) is 0.817. The molecule has 1 atom stereocenters. The molecule has 1 aromatic carbocycles. The highest BCUT2D eigenvalue weighted by Crippen LogP contribution is 2.20. The van der Waals surface area contributed by atoms with Gasteiger partial charge in [-0.1, -0.05) is 19.1 Å². The molecule has 16 heavy (non-hydrogen) atoms. The van der Waals surface area contributed by atoms with Crippen LogP contribution >= 0.6 is 11.8 Å². The third-order valence-corrected chi connectivity index (χ3v) is 3.30. The van der Waals surface area contributed by atoms with Gasteiger partial charge in [0.2, 0.25) is 0 Å². The number of halogens is 1. The first-order chi connectivity index (χ1) is 7.69. The van der Waals surface area contributed by atoms with Crippen molar-refractivity contribution in [2.75, 3.05) is 18.6 Å². The van der Waals surface area contributed by atoms with Gasteiger partial charge in [0.15, 0.2) is 0 Å². The van der Waals surface area contributed by atoms with Crippen molar-refractivity contribution in [3.8, 4) is 0 Å². The summed E-state index contributed by atoms with van der Waals surface area (Å²) in [4.78, 5) is 0. The second-order valence-corrected chi connectivity index (χ2v) is 4.89. The van der Waals surface area contributed by atoms with E-state index in [0.717, 1.165) is 24.3 Å². The number of rotatable bonds is 6. The Morgan fingerprint density at radius 1 is 1.44 bits per heavy atom. The molecule has 0 aliphatic rings. The minimum Gasteiger partial charge on any atom is -0.310 e. The zero-order chi connectivity index (χ0) is 12.0. The Bertz CT molecular complexity index is 328. The molecule has 1 rings (SSSR count). The third-order valence-electron chi connectivity index (χ3n) is 2.66. The van der Waals surface area contributed by atoms with Crippen molar-refractivity contribution >= 4 is 11.8 Å². The molecule has 90 valence electrons. The molecule has 0 aliphatic carbocycles. The highest BCUT2D eigenvalue weighted by Gasteiger charge is 2.11. The van der Waals surface area contributed by atoms with Crippen molar-refractivity contribution in [2.24, 2.45) is 0 Å². The molecule has 0 saturated heterocycles. The van der Waals surface area contributed by atoms with Crippen LogP contribution in [0.3, 0.4) is 0 Å². The van der Waals surface area contributed by atoms with E-state index in [0.29, 0.717) is 5.56 Å². The standard InChI is InChI=1S/C13H20FNS/c1-4-15-13(7-8-16-3)11-6-5-10(2)12(14)9-11/h5-6,9,13,15H,4,7-8H2,1-3H3. The van der Waals surface area contributed by atoms with Crippen LogP contribution in [-0.4, -0.2) is 18.6 Å². The minimum atomic E-state index is -0.107. The molecule has 0 heterocycles. The van der Waals surface area contributed by atoms with Gasteiger partial charge >= 0.3 is 0 Å². The fourth-order valence-electron chi connectivity index (χ4n) is 1.69. The highest BCUT2D eigenvalue weighted by molar-refractivity contribution is 7.98. The largest absolute Gasteiger partial charge is 0.310 e. The van der Waals surface area contributed by atoms with Crippen LogP contribution in [0.5, 0.6) is 0 Å². The summed E-state index contributed by atoms with van der Waals surface area (Å²) in [5.41, 5.74) is 1.77. The predicted octanol–water partition coefficient (Wildman–Crippen LogP) is 3.54. The lowest BCUT2D eigenvalue weighted by atomic mass is 10.0. The van der Waals surface area contributed by atoms with Crippen molar-refractivity contribution in [3.05, 3.63) is 35.1 Å². The summed E-state index contributed by atoms with van der Waals surface area (Å²) >= 11 is 1.82. The summed E-state index contributed by atoms with van der Waals surface area (Å²) in [6, 6.07) is 5.80. The summed E-state index contributed by atoms with van der Waals surface area (Å²) in [7, 11) is 0. The van der Waals surface area contributed by atoms with Gasteiger partial charge in [0.25, 0.3) is 0 Å². The predicted molar refractivity (Wildman–Crippen MR) is 70.6 cm³/mol. The van der Waals surface area contributed by atoms with E-state index in [2.05, 4.69) is 18.5 Å². The van der Waals surface area contributed by atoms with Crippen LogP contribution in [0.1, 0.15) is 30.5 Å². The first-order valence-corrected chi connectivity index (χ1v) is 7.06. The number of hydrogen-bond donors (Lipinski definition) is 1. The van der Waals surface area contributed by atoms with Gasteiger partial charge in [-0.05, 0) is 49.1 Å². The third kappa shape index (κ3) is 3.80. The molecule has 0 aliphatic heterocycles. The maximum atomic E-state index is 13.5. The lowest BCUT2D eigenvalue weighted by molar-refractivity contribution is 0.534. The molecule has 0 bridgehead atoms. The molecule has 0 radical (unpaired) electrons. The molecule has 1 N–H and O–H groups in total. The van der Waals surface area contributed by atoms with E-state index < -0.39 is 0 Å². The van der Waals surface area contributed by atoms with E-state index in [4.69, 9.17) is 0 Å². The monoisotopic (exact) mass is 241 g/mol. The molecule has 0 spiro atoms. The Labute approximate surface area is 102 Å². The molecule has 0 amide bonds. The van der Waals surface area contributed by atoms with Crippen molar-refractivity contribution in [1.82, 2.24) is 5.32 Å². The van der Waals surface area contributed by atoms with Crippen LogP contribution < -0.4 is 5.32 Å². The second kappa shape index (κ2) is 6.92. The van der Waals surface area contributed by atoms with Gasteiger partial charge in [-0.15, -0.1) is 0 Å². The molecule has 3 heteroatoms. The fourth-order valence-corrected chi connectivity index (χ4v) is 2.17. The maximum Gasteiger partial charge on any atom is 0.126 e. The molecular formula is C13H20FNS. The van der Waals surface area contributed by atoms with Gasteiger partial charge < -0.3 is 5.32 Å². The van der Waals surface area contributed by atoms with Crippen LogP contribution in [-0.2, 0) is 0 Å². The molecule has 0 saturated carbocycles. The first kappa shape index (κ1) is 13.5. The Morgan fingerprint density at radius 3 is 2.75 bits per heavy atom. The van der Waals surface area contributed by atoms with Crippen LogP contribution in [0.25, 0.3) is 0 Å². The van der Waals surface area contributed by atoms with Crippen molar-refractivity contribution in [2.45, 2.75) is 26.3 Å². The molecule has 0 aromatic heterocycles. The van der Waals surface area contributed by atoms with E-state index in [-0.39, 0.29) is 11.9 Å². The Morgan fingerprint density at radius 2 is 2.19 bits per heavy atom. The average molecular weight is 241 g/mol. The summed E-state index contributed by atoms with van der Waals surface area (Å²) in [5.74, 6) is 0.984. The van der Waals surface area contributed by atoms with E-state index in [1.807, 2.05) is 23.9 Å². The Kier molecular flexibility index (Phi) is 5.85. The van der Waals surface area contributed by atoms with Gasteiger partial charge in [-0.25, -0.2) is 4.39 Å². The van der Waals surface area contributed by atoms with Gasteiger partial charge in [-0.3, -0.25) is 0 Å². The van der Waals surface area contributed by atoms with Gasteiger partial charge in [0.1, 0.15) is 5.82 Å². The second-order valence-electron chi connectivity index (χ2n) is 3.90. The van der Waals surface area contributed by atoms with E-state index in [9.17, 15) is 4.39 Å². The number of benzene rings is 1. The highest BCUT2D eigenvalue weighted by atomic mass is 32.2. The van der Waals surface area contributed by atoms with E-state index in [1.165, 1.54) is 0 Å². The van der Waals surface area contributed by atoms with Crippen molar-refractivity contribution in [1.29, 1.82) is 0 Å². The average Bonchev–Trinajstić information content (AvgIpc) is 2.28. The van der Waals surface area contributed by atoms with E-state index in [1.54, 1.807) is 13.0 Å². The van der Waals surface area contributed by atoms with Gasteiger partial charge in [0.05, 0.1) is 0 Å². The van der Waals surface area contributed by atoms with Crippen molar-refractivity contribution in [3.63, 3.8) is 0 Å². The first-order valence-electron chi connectivity index (χ1n) is 5.67. The Hall–Kier alpha value is -0.540. The Balaban J connectivity index is 2.78. The minimum absolute atomic E-state index is 0.107. The van der Waals surface area contributed by atoms with Gasteiger partial charge in [0, 0.05) is 6.04 Å². The molecular weight excluding hydrogens is 221 g/mol. The van der Waals surface area contributed by atoms with Crippen LogP contribution in [0.4, 0.5) is 4.39 Å². The molecule has 1 aromatic rings. The van der Waals surface area contributed by atoms with Crippen LogP contribution in [0.15, 0.2) is 18.2 Å². The van der Waals surface area contributed by atoms with Gasteiger partial charge in [-0.2, -0.15) is 11.8 Å². The summed E-state index contributed by atoms with van der Waals surface area (Å²) in [6.45, 7) is 4.79. The summed E-state index contributed by atoms with van der Waals surface area (Å²) in [5, 5.41) is 3.40. The summed E-state index contributed by atoms with van der Waals surface area (Å²) < 4.78 is 13.5. The fraction of sp³-hybridized carbons (Fsp3) is 0.538. The number of aryl methyl sites for hydroxylation is 1. The van der Waals surface area contributed by atoms with Crippen LogP contribution in [0, 0.1) is 12.7 Å². The topological polar surface area (TPSA) is 12.0 Å². The zero-order valence-corrected chi connectivity index (χ0v) is 11.0. The molecule has 1 nitrogen and oxygen atoms in total. The molecule has 1 unspecified atom stereocenters. The van der Waals surface area contributed by atoms with E-state index >= 15 is 0 Å². The van der Waals surface area contributed by atoms with Crippen molar-refractivity contribution < 1.29 is 4.39 Å².